The Morgan fingerprint density at radius 1 is 1.47 bits per heavy atom. The predicted molar refractivity (Wildman–Crippen MR) is 69.6 cm³/mol. The van der Waals surface area contributed by atoms with Crippen LogP contribution in [0.3, 0.4) is 0 Å². The van der Waals surface area contributed by atoms with Gasteiger partial charge in [0, 0.05) is 30.1 Å². The molecule has 94 valence electrons. The van der Waals surface area contributed by atoms with Crippen LogP contribution < -0.4 is 4.74 Å². The number of ketones is 1. The van der Waals surface area contributed by atoms with Gasteiger partial charge in [0.15, 0.2) is 0 Å². The average Bonchev–Trinajstić information content (AvgIpc) is 2.27. The Hall–Kier alpha value is -1.06. The number of hydrogen-bond donors (Lipinski definition) is 0. The Labute approximate surface area is 107 Å². The molecular weight excluding hydrogens is 238 g/mol. The SMILES string of the molecule is COc1ccc(Cl)cc1CN(C)CCC(C)=O. The van der Waals surface area contributed by atoms with Gasteiger partial charge < -0.3 is 9.64 Å². The number of Topliss-reactive ketones (excluding diaryl/α,β-unsaturated/α-hetero) is 1. The first kappa shape index (κ1) is 14.0. The molecule has 0 fully saturated rings. The topological polar surface area (TPSA) is 29.5 Å². The molecule has 0 aliphatic rings. The highest BCUT2D eigenvalue weighted by Gasteiger charge is 2.07. The molecule has 1 aromatic rings. The second-order valence-electron chi connectivity index (χ2n) is 4.15. The molecule has 0 spiro atoms. The highest BCUT2D eigenvalue weighted by atomic mass is 35.5. The lowest BCUT2D eigenvalue weighted by atomic mass is 10.2. The first-order valence-electron chi connectivity index (χ1n) is 5.53. The van der Waals surface area contributed by atoms with Gasteiger partial charge in [0.1, 0.15) is 11.5 Å². The van der Waals surface area contributed by atoms with Crippen molar-refractivity contribution in [1.29, 1.82) is 0 Å². The van der Waals surface area contributed by atoms with Crippen molar-refractivity contribution in [2.75, 3.05) is 20.7 Å². The molecule has 0 saturated heterocycles. The fourth-order valence-electron chi connectivity index (χ4n) is 1.59. The Kier molecular flexibility index (Phi) is 5.45. The number of nitrogens with zero attached hydrogens (tertiary/aromatic N) is 1. The standard InChI is InChI=1S/C13H18ClNO2/c1-10(16)6-7-15(2)9-11-8-12(14)4-5-13(11)17-3/h4-5,8H,6-7,9H2,1-3H3. The zero-order valence-corrected chi connectivity index (χ0v) is 11.3. The van der Waals surface area contributed by atoms with Crippen molar-refractivity contribution in [3.8, 4) is 5.75 Å². The van der Waals surface area contributed by atoms with E-state index in [4.69, 9.17) is 16.3 Å². The maximum Gasteiger partial charge on any atom is 0.131 e. The van der Waals surface area contributed by atoms with Gasteiger partial charge in [-0.25, -0.2) is 0 Å². The number of hydrogen-bond acceptors (Lipinski definition) is 3. The van der Waals surface area contributed by atoms with Crippen LogP contribution in [0.4, 0.5) is 0 Å². The van der Waals surface area contributed by atoms with Crippen molar-refractivity contribution in [2.24, 2.45) is 0 Å². The Bertz CT molecular complexity index is 393. The van der Waals surface area contributed by atoms with E-state index in [0.717, 1.165) is 24.4 Å². The third-order valence-corrected chi connectivity index (χ3v) is 2.76. The fourth-order valence-corrected chi connectivity index (χ4v) is 1.78. The normalized spacial score (nSPS) is 10.6. The molecule has 4 heteroatoms. The molecule has 0 radical (unpaired) electrons. The highest BCUT2D eigenvalue weighted by Crippen LogP contribution is 2.23. The van der Waals surface area contributed by atoms with Crippen molar-refractivity contribution in [1.82, 2.24) is 4.90 Å². The minimum Gasteiger partial charge on any atom is -0.496 e. The number of carbonyl (C=O) groups excluding carboxylic acids is 1. The van der Waals surface area contributed by atoms with Crippen LogP contribution in [0, 0.1) is 0 Å². The van der Waals surface area contributed by atoms with Gasteiger partial charge in [0.25, 0.3) is 0 Å². The van der Waals surface area contributed by atoms with Crippen LogP contribution in [-0.4, -0.2) is 31.4 Å². The monoisotopic (exact) mass is 255 g/mol. The molecule has 0 unspecified atom stereocenters. The van der Waals surface area contributed by atoms with Gasteiger partial charge >= 0.3 is 0 Å². The lowest BCUT2D eigenvalue weighted by Crippen LogP contribution is -2.21. The second kappa shape index (κ2) is 6.62. The molecule has 0 atom stereocenters. The van der Waals surface area contributed by atoms with Crippen LogP contribution >= 0.6 is 11.6 Å². The van der Waals surface area contributed by atoms with Crippen molar-refractivity contribution in [2.45, 2.75) is 19.9 Å². The molecule has 0 aliphatic heterocycles. The number of ether oxygens (including phenoxy) is 1. The molecule has 0 aliphatic carbocycles. The van der Waals surface area contributed by atoms with Crippen LogP contribution in [0.1, 0.15) is 18.9 Å². The van der Waals surface area contributed by atoms with Crippen molar-refractivity contribution >= 4 is 17.4 Å². The Morgan fingerprint density at radius 2 is 2.18 bits per heavy atom. The Balaban J connectivity index is 2.66. The maximum atomic E-state index is 10.9. The summed E-state index contributed by atoms with van der Waals surface area (Å²) in [5, 5.41) is 0.695. The second-order valence-corrected chi connectivity index (χ2v) is 4.58. The molecule has 0 saturated carbocycles. The van der Waals surface area contributed by atoms with Crippen LogP contribution in [-0.2, 0) is 11.3 Å². The van der Waals surface area contributed by atoms with Crippen LogP contribution in [0.15, 0.2) is 18.2 Å². The van der Waals surface area contributed by atoms with Gasteiger partial charge in [0.05, 0.1) is 7.11 Å². The molecule has 1 aromatic carbocycles. The summed E-state index contributed by atoms with van der Waals surface area (Å²) < 4.78 is 5.27. The maximum absolute atomic E-state index is 10.9. The van der Waals surface area contributed by atoms with Gasteiger partial charge in [-0.2, -0.15) is 0 Å². The molecule has 0 bridgehead atoms. The van der Waals surface area contributed by atoms with E-state index in [0.29, 0.717) is 11.4 Å². The van der Waals surface area contributed by atoms with E-state index in [1.54, 1.807) is 20.1 Å². The number of rotatable bonds is 6. The molecule has 0 aromatic heterocycles. The van der Waals surface area contributed by atoms with Crippen LogP contribution in [0.25, 0.3) is 0 Å². The number of halogens is 1. The molecular formula is C13H18ClNO2. The first-order chi connectivity index (χ1) is 8.02. The van der Waals surface area contributed by atoms with Crippen molar-refractivity contribution in [3.63, 3.8) is 0 Å². The number of methoxy groups -OCH3 is 1. The fraction of sp³-hybridized carbons (Fsp3) is 0.462. The van der Waals surface area contributed by atoms with E-state index in [1.807, 2.05) is 19.2 Å². The quantitative estimate of drug-likeness (QED) is 0.783. The summed E-state index contributed by atoms with van der Waals surface area (Å²) in [7, 11) is 3.62. The Morgan fingerprint density at radius 3 is 2.76 bits per heavy atom. The average molecular weight is 256 g/mol. The summed E-state index contributed by atoms with van der Waals surface area (Å²) in [5.41, 5.74) is 1.03. The van der Waals surface area contributed by atoms with Gasteiger partial charge in [-0.05, 0) is 32.2 Å². The zero-order valence-electron chi connectivity index (χ0n) is 10.5. The molecule has 3 nitrogen and oxygen atoms in total. The van der Waals surface area contributed by atoms with Gasteiger partial charge in [0.2, 0.25) is 0 Å². The number of carbonyl (C=O) groups is 1. The van der Waals surface area contributed by atoms with E-state index in [1.165, 1.54) is 0 Å². The van der Waals surface area contributed by atoms with Crippen LogP contribution in [0.5, 0.6) is 5.75 Å². The molecule has 17 heavy (non-hydrogen) atoms. The largest absolute Gasteiger partial charge is 0.496 e. The van der Waals surface area contributed by atoms with Crippen molar-refractivity contribution in [3.05, 3.63) is 28.8 Å². The third kappa shape index (κ3) is 4.75. The summed E-state index contributed by atoms with van der Waals surface area (Å²) in [4.78, 5) is 13.0. The molecule has 0 amide bonds. The minimum absolute atomic E-state index is 0.204. The van der Waals surface area contributed by atoms with Gasteiger partial charge in [-0.3, -0.25) is 4.79 Å². The van der Waals surface area contributed by atoms with Crippen LogP contribution in [0.2, 0.25) is 5.02 Å². The smallest absolute Gasteiger partial charge is 0.131 e. The predicted octanol–water partition coefficient (Wildman–Crippen LogP) is 2.76. The van der Waals surface area contributed by atoms with Gasteiger partial charge in [-0.15, -0.1) is 0 Å². The lowest BCUT2D eigenvalue weighted by molar-refractivity contribution is -0.117. The van der Waals surface area contributed by atoms with E-state index < -0.39 is 0 Å². The summed E-state index contributed by atoms with van der Waals surface area (Å²) in [6.07, 6.45) is 0.569. The number of benzene rings is 1. The summed E-state index contributed by atoms with van der Waals surface area (Å²) in [6, 6.07) is 5.56. The van der Waals surface area contributed by atoms with E-state index in [9.17, 15) is 4.79 Å². The highest BCUT2D eigenvalue weighted by molar-refractivity contribution is 6.30. The summed E-state index contributed by atoms with van der Waals surface area (Å²) in [6.45, 7) is 3.07. The molecule has 0 N–H and O–H groups in total. The zero-order chi connectivity index (χ0) is 12.8. The third-order valence-electron chi connectivity index (χ3n) is 2.53. The van der Waals surface area contributed by atoms with Crippen molar-refractivity contribution < 1.29 is 9.53 Å². The lowest BCUT2D eigenvalue weighted by Gasteiger charge is -2.17. The molecule has 1 rings (SSSR count). The summed E-state index contributed by atoms with van der Waals surface area (Å²) in [5.74, 6) is 1.03. The van der Waals surface area contributed by atoms with E-state index in [-0.39, 0.29) is 5.78 Å². The first-order valence-corrected chi connectivity index (χ1v) is 5.91. The molecule has 0 heterocycles. The van der Waals surface area contributed by atoms with Gasteiger partial charge in [-0.1, -0.05) is 11.6 Å². The summed E-state index contributed by atoms with van der Waals surface area (Å²) >= 11 is 5.96. The van der Waals surface area contributed by atoms with E-state index >= 15 is 0 Å². The minimum atomic E-state index is 0.204. The van der Waals surface area contributed by atoms with E-state index in [2.05, 4.69) is 4.90 Å².